The number of benzene rings is 2. The average Bonchev–Trinajstić information content (AvgIpc) is 2.60. The zero-order valence-corrected chi connectivity index (χ0v) is 17.3. The van der Waals surface area contributed by atoms with Crippen molar-refractivity contribution in [3.63, 3.8) is 0 Å². The van der Waals surface area contributed by atoms with Crippen LogP contribution in [0.4, 0.5) is 4.39 Å². The van der Waals surface area contributed by atoms with Gasteiger partial charge in [0.25, 0.3) is 5.91 Å². The van der Waals surface area contributed by atoms with E-state index < -0.39 is 26.5 Å². The third-order valence-electron chi connectivity index (χ3n) is 4.13. The van der Waals surface area contributed by atoms with Gasteiger partial charge in [0.2, 0.25) is 0 Å². The van der Waals surface area contributed by atoms with Crippen LogP contribution in [-0.2, 0) is 16.3 Å². The van der Waals surface area contributed by atoms with Gasteiger partial charge in [0.05, 0.1) is 6.10 Å². The highest BCUT2D eigenvalue weighted by Gasteiger charge is 2.18. The highest BCUT2D eigenvalue weighted by molar-refractivity contribution is 7.90. The Hall–Kier alpha value is -2.41. The molecule has 5 nitrogen and oxygen atoms in total. The van der Waals surface area contributed by atoms with Crippen LogP contribution in [0.1, 0.15) is 43.1 Å². The summed E-state index contributed by atoms with van der Waals surface area (Å²) in [6.07, 6.45) is 2.50. The molecule has 0 unspecified atom stereocenters. The molecule has 0 aliphatic rings. The molecule has 2 aromatic rings. The minimum absolute atomic E-state index is 0.115. The summed E-state index contributed by atoms with van der Waals surface area (Å²) in [7, 11) is -3.74. The first kappa shape index (κ1) is 21.9. The van der Waals surface area contributed by atoms with Crippen LogP contribution in [0.15, 0.2) is 47.4 Å². The molecule has 0 radical (unpaired) electrons. The Balaban J connectivity index is 1.94. The molecule has 0 aliphatic carbocycles. The largest absolute Gasteiger partial charge is 0.491 e. The molecule has 0 saturated carbocycles. The average molecular weight is 408 g/mol. The van der Waals surface area contributed by atoms with Crippen molar-refractivity contribution >= 4 is 15.7 Å². The Morgan fingerprint density at radius 1 is 1.11 bits per heavy atom. The smallest absolute Gasteiger partial charge is 0.251 e. The third-order valence-corrected chi connectivity index (χ3v) is 5.24. The van der Waals surface area contributed by atoms with Gasteiger partial charge in [-0.05, 0) is 69.5 Å². The van der Waals surface area contributed by atoms with Crippen LogP contribution in [-0.4, -0.2) is 32.7 Å². The third kappa shape index (κ3) is 6.34. The van der Waals surface area contributed by atoms with Crippen LogP contribution in [0.5, 0.6) is 5.75 Å². The lowest BCUT2D eigenvalue weighted by Crippen LogP contribution is -2.33. The zero-order valence-electron chi connectivity index (χ0n) is 16.5. The molecular weight excluding hydrogens is 381 g/mol. The van der Waals surface area contributed by atoms with E-state index in [-0.39, 0.29) is 17.7 Å². The fourth-order valence-corrected chi connectivity index (χ4v) is 3.46. The highest BCUT2D eigenvalue weighted by Crippen LogP contribution is 2.17. The maximum Gasteiger partial charge on any atom is 0.251 e. The van der Waals surface area contributed by atoms with Crippen LogP contribution < -0.4 is 10.1 Å². The zero-order chi connectivity index (χ0) is 20.9. The minimum atomic E-state index is -3.74. The number of nitrogens with one attached hydrogen (secondary N) is 1. The Labute approximate surface area is 165 Å². The van der Waals surface area contributed by atoms with Gasteiger partial charge >= 0.3 is 0 Å². The van der Waals surface area contributed by atoms with Crippen LogP contribution in [0.3, 0.4) is 0 Å². The second kappa shape index (κ2) is 9.19. The second-order valence-corrected chi connectivity index (χ2v) is 9.13. The molecule has 1 atom stereocenters. The van der Waals surface area contributed by atoms with Gasteiger partial charge in [-0.2, -0.15) is 0 Å². The van der Waals surface area contributed by atoms with Gasteiger partial charge in [0, 0.05) is 17.9 Å². The van der Waals surface area contributed by atoms with Crippen molar-refractivity contribution in [2.24, 2.45) is 0 Å². The van der Waals surface area contributed by atoms with E-state index in [0.717, 1.165) is 36.1 Å². The Bertz CT molecular complexity index is 924. The van der Waals surface area contributed by atoms with E-state index in [0.29, 0.717) is 6.42 Å². The standard InChI is InChI=1S/C21H26FNO4S/c1-14(2)27-18-10-7-16(8-11-18)6-5-15(3)23-21(24)17-9-12-19(22)20(13-17)28(4,25)26/h7-15H,5-6H2,1-4H3,(H,23,24)/t15-/m1/s1. The number of halogens is 1. The van der Waals surface area contributed by atoms with Crippen molar-refractivity contribution in [3.05, 3.63) is 59.4 Å². The molecule has 0 saturated heterocycles. The summed E-state index contributed by atoms with van der Waals surface area (Å²) in [4.78, 5) is 11.9. The molecule has 28 heavy (non-hydrogen) atoms. The summed E-state index contributed by atoms with van der Waals surface area (Å²) in [5.74, 6) is -0.479. The van der Waals surface area contributed by atoms with Crippen LogP contribution in [0, 0.1) is 5.82 Å². The summed E-state index contributed by atoms with van der Waals surface area (Å²) in [6.45, 7) is 5.81. The monoisotopic (exact) mass is 407 g/mol. The first-order valence-corrected chi connectivity index (χ1v) is 11.0. The topological polar surface area (TPSA) is 72.5 Å². The lowest BCUT2D eigenvalue weighted by atomic mass is 10.1. The molecule has 1 amide bonds. The van der Waals surface area contributed by atoms with Crippen molar-refractivity contribution in [2.45, 2.75) is 50.7 Å². The van der Waals surface area contributed by atoms with E-state index in [1.165, 1.54) is 6.07 Å². The molecule has 0 bridgehead atoms. The number of carbonyl (C=O) groups excluding carboxylic acids is 1. The van der Waals surface area contributed by atoms with E-state index >= 15 is 0 Å². The van der Waals surface area contributed by atoms with E-state index in [1.54, 1.807) is 0 Å². The summed E-state index contributed by atoms with van der Waals surface area (Å²) < 4.78 is 42.5. The van der Waals surface area contributed by atoms with Crippen molar-refractivity contribution in [2.75, 3.05) is 6.26 Å². The molecule has 0 heterocycles. The predicted octanol–water partition coefficient (Wildman–Crippen LogP) is 3.77. The number of sulfone groups is 1. The molecule has 2 aromatic carbocycles. The van der Waals surface area contributed by atoms with Gasteiger partial charge < -0.3 is 10.1 Å². The molecular formula is C21H26FNO4S. The normalized spacial score (nSPS) is 12.6. The molecule has 0 aromatic heterocycles. The van der Waals surface area contributed by atoms with E-state index in [9.17, 15) is 17.6 Å². The van der Waals surface area contributed by atoms with Crippen molar-refractivity contribution in [1.82, 2.24) is 5.32 Å². The van der Waals surface area contributed by atoms with Crippen LogP contribution >= 0.6 is 0 Å². The maximum atomic E-state index is 13.7. The molecule has 1 N–H and O–H groups in total. The van der Waals surface area contributed by atoms with Crippen LogP contribution in [0.25, 0.3) is 0 Å². The van der Waals surface area contributed by atoms with Crippen LogP contribution in [0.2, 0.25) is 0 Å². The Kier molecular flexibility index (Phi) is 7.18. The number of aryl methyl sites for hydroxylation is 1. The van der Waals surface area contributed by atoms with Gasteiger partial charge in [0.1, 0.15) is 16.5 Å². The van der Waals surface area contributed by atoms with E-state index in [1.807, 2.05) is 45.0 Å². The van der Waals surface area contributed by atoms with Crippen molar-refractivity contribution < 1.29 is 22.3 Å². The van der Waals surface area contributed by atoms with Crippen molar-refractivity contribution in [3.8, 4) is 5.75 Å². The Morgan fingerprint density at radius 2 is 1.75 bits per heavy atom. The fraction of sp³-hybridized carbons (Fsp3) is 0.381. The number of amides is 1. The SMILES string of the molecule is CC(C)Oc1ccc(CC[C@@H](C)NC(=O)c2ccc(F)c(S(C)(=O)=O)c2)cc1. The first-order chi connectivity index (χ1) is 13.1. The number of carbonyl (C=O) groups is 1. The lowest BCUT2D eigenvalue weighted by molar-refractivity contribution is 0.0938. The summed E-state index contributed by atoms with van der Waals surface area (Å²) in [5.41, 5.74) is 1.24. The number of hydrogen-bond acceptors (Lipinski definition) is 4. The molecule has 0 fully saturated rings. The number of ether oxygens (including phenoxy) is 1. The summed E-state index contributed by atoms with van der Waals surface area (Å²) in [5, 5.41) is 2.82. The quantitative estimate of drug-likeness (QED) is 0.723. The van der Waals surface area contributed by atoms with Gasteiger partial charge in [-0.1, -0.05) is 12.1 Å². The summed E-state index contributed by atoms with van der Waals surface area (Å²) in [6, 6.07) is 11.0. The number of rotatable bonds is 8. The van der Waals surface area contributed by atoms with Gasteiger partial charge in [-0.15, -0.1) is 0 Å². The van der Waals surface area contributed by atoms with Gasteiger partial charge in [-0.3, -0.25) is 4.79 Å². The maximum absolute atomic E-state index is 13.7. The molecule has 7 heteroatoms. The lowest BCUT2D eigenvalue weighted by Gasteiger charge is -2.15. The van der Waals surface area contributed by atoms with E-state index in [2.05, 4.69) is 5.32 Å². The number of hydrogen-bond donors (Lipinski definition) is 1. The molecule has 0 spiro atoms. The van der Waals surface area contributed by atoms with Crippen molar-refractivity contribution in [1.29, 1.82) is 0 Å². The fourth-order valence-electron chi connectivity index (χ4n) is 2.70. The summed E-state index contributed by atoms with van der Waals surface area (Å²) >= 11 is 0. The Morgan fingerprint density at radius 3 is 2.32 bits per heavy atom. The predicted molar refractivity (Wildman–Crippen MR) is 107 cm³/mol. The first-order valence-electron chi connectivity index (χ1n) is 9.12. The molecule has 152 valence electrons. The highest BCUT2D eigenvalue weighted by atomic mass is 32.2. The van der Waals surface area contributed by atoms with E-state index in [4.69, 9.17) is 4.74 Å². The molecule has 2 rings (SSSR count). The molecule has 0 aliphatic heterocycles. The minimum Gasteiger partial charge on any atom is -0.491 e. The van der Waals surface area contributed by atoms with Gasteiger partial charge in [0.15, 0.2) is 9.84 Å². The second-order valence-electron chi connectivity index (χ2n) is 7.14. The van der Waals surface area contributed by atoms with Gasteiger partial charge in [-0.25, -0.2) is 12.8 Å².